The monoisotopic (exact) mass is 478 g/mol. The minimum Gasteiger partial charge on any atom is -0.329 e. The average Bonchev–Trinajstić information content (AvgIpc) is 2.80. The molecular weight excluding hydrogens is 456 g/mol. The lowest BCUT2D eigenvalue weighted by Gasteiger charge is -2.24. The van der Waals surface area contributed by atoms with E-state index < -0.39 is 42.4 Å². The second kappa shape index (κ2) is 12.1. The molecule has 0 atom stereocenters. The van der Waals surface area contributed by atoms with Crippen molar-refractivity contribution >= 4 is 34.1 Å². The van der Waals surface area contributed by atoms with Gasteiger partial charge in [-0.1, -0.05) is 0 Å². The van der Waals surface area contributed by atoms with Crippen LogP contribution in [-0.2, 0) is 0 Å². The van der Waals surface area contributed by atoms with Crippen LogP contribution < -0.4 is 21.3 Å². The number of benzene rings is 2. The number of non-ortho nitro benzene ring substituents is 2. The van der Waals surface area contributed by atoms with E-state index in [1.165, 1.54) is 4.90 Å². The topological polar surface area (TPSA) is 226 Å². The summed E-state index contributed by atoms with van der Waals surface area (Å²) in [5.41, 5.74) is 2.75. The number of nitrogens with one attached hydrogen (secondary N) is 2. The third-order valence-corrected chi connectivity index (χ3v) is 4.63. The van der Waals surface area contributed by atoms with Crippen LogP contribution in [0.25, 0.3) is 0 Å². The Balaban J connectivity index is 2.50. The molecule has 0 aliphatic rings. The summed E-state index contributed by atoms with van der Waals surface area (Å²) >= 11 is 0. The summed E-state index contributed by atoms with van der Waals surface area (Å²) in [6.45, 7) is 2.34. The molecule has 0 saturated carbocycles. The van der Waals surface area contributed by atoms with Crippen molar-refractivity contribution in [1.82, 2.24) is 10.6 Å². The number of rotatable bonds is 14. The molecule has 0 amide bonds. The minimum absolute atomic E-state index is 0.0197. The van der Waals surface area contributed by atoms with E-state index in [1.807, 2.05) is 0 Å². The summed E-state index contributed by atoms with van der Waals surface area (Å²) in [4.78, 5) is 43.5. The van der Waals surface area contributed by atoms with Gasteiger partial charge in [-0.05, 0) is 12.1 Å². The van der Waals surface area contributed by atoms with Gasteiger partial charge in [-0.2, -0.15) is 0 Å². The molecule has 0 aromatic heterocycles. The number of nitro groups is 4. The lowest BCUT2D eigenvalue weighted by Crippen LogP contribution is -2.35. The van der Waals surface area contributed by atoms with Crippen molar-refractivity contribution in [2.45, 2.75) is 0 Å². The number of hydrogen-bond donors (Lipinski definition) is 3. The Kier molecular flexibility index (Phi) is 9.24. The van der Waals surface area contributed by atoms with Crippen molar-refractivity contribution in [3.8, 4) is 0 Å². The summed E-state index contributed by atoms with van der Waals surface area (Å²) in [6.07, 6.45) is 0. The van der Waals surface area contributed by atoms with E-state index in [0.29, 0.717) is 26.2 Å². The van der Waals surface area contributed by atoms with E-state index in [4.69, 9.17) is 5.73 Å². The lowest BCUT2D eigenvalue weighted by molar-refractivity contribution is -0.393. The maximum absolute atomic E-state index is 11.7. The number of nitrogens with two attached hydrogens (primary N) is 1. The maximum Gasteiger partial charge on any atom is 0.299 e. The van der Waals surface area contributed by atoms with Gasteiger partial charge in [0.1, 0.15) is 11.4 Å². The number of hydrogen-bond acceptors (Lipinski definition) is 12. The fourth-order valence-electron chi connectivity index (χ4n) is 3.09. The molecule has 4 N–H and O–H groups in total. The first-order valence-electron chi connectivity index (χ1n) is 9.92. The highest BCUT2D eigenvalue weighted by molar-refractivity contribution is 5.79. The number of anilines is 2. The first-order chi connectivity index (χ1) is 16.2. The summed E-state index contributed by atoms with van der Waals surface area (Å²) in [7, 11) is 0. The zero-order valence-corrected chi connectivity index (χ0v) is 17.8. The normalized spacial score (nSPS) is 10.6. The van der Waals surface area contributed by atoms with Crippen LogP contribution in [0.2, 0.25) is 0 Å². The highest BCUT2D eigenvalue weighted by atomic mass is 16.6. The number of nitro benzene ring substituents is 4. The maximum atomic E-state index is 11.7. The Morgan fingerprint density at radius 2 is 1.12 bits per heavy atom. The fourth-order valence-corrected chi connectivity index (χ4v) is 3.09. The summed E-state index contributed by atoms with van der Waals surface area (Å²) in [5, 5.41) is 51.6. The molecule has 34 heavy (non-hydrogen) atoms. The van der Waals surface area contributed by atoms with Crippen LogP contribution in [0.15, 0.2) is 36.4 Å². The van der Waals surface area contributed by atoms with Crippen molar-refractivity contribution in [2.24, 2.45) is 5.73 Å². The molecule has 0 bridgehead atoms. The van der Waals surface area contributed by atoms with E-state index in [0.717, 1.165) is 36.4 Å². The van der Waals surface area contributed by atoms with Crippen molar-refractivity contribution in [2.75, 3.05) is 44.2 Å². The van der Waals surface area contributed by atoms with Crippen LogP contribution in [0.5, 0.6) is 0 Å². The van der Waals surface area contributed by atoms with E-state index >= 15 is 0 Å². The largest absolute Gasteiger partial charge is 0.329 e. The summed E-state index contributed by atoms with van der Waals surface area (Å²) in [6, 6.07) is 5.81. The molecule has 0 heterocycles. The van der Waals surface area contributed by atoms with Crippen molar-refractivity contribution < 1.29 is 19.7 Å². The Labute approximate surface area is 191 Å². The molecule has 0 fully saturated rings. The van der Waals surface area contributed by atoms with Crippen LogP contribution in [-0.4, -0.2) is 59.0 Å². The van der Waals surface area contributed by atoms with Crippen LogP contribution >= 0.6 is 0 Å². The third kappa shape index (κ3) is 6.61. The Morgan fingerprint density at radius 3 is 1.50 bits per heavy atom. The molecule has 0 spiro atoms. The zero-order chi connectivity index (χ0) is 25.3. The molecule has 16 heteroatoms. The van der Waals surface area contributed by atoms with Crippen molar-refractivity contribution in [3.63, 3.8) is 0 Å². The first kappa shape index (κ1) is 26.0. The number of nitrogens with zero attached hydrogens (tertiary/aromatic N) is 5. The second-order valence-electron chi connectivity index (χ2n) is 6.81. The lowest BCUT2D eigenvalue weighted by atomic mass is 10.1. The molecule has 2 aromatic rings. The molecule has 2 rings (SSSR count). The molecule has 182 valence electrons. The molecule has 0 aliphatic heterocycles. The molecule has 2 aromatic carbocycles. The van der Waals surface area contributed by atoms with E-state index in [9.17, 15) is 40.5 Å². The van der Waals surface area contributed by atoms with E-state index in [1.54, 1.807) is 0 Å². The van der Waals surface area contributed by atoms with Gasteiger partial charge < -0.3 is 21.3 Å². The highest BCUT2D eigenvalue weighted by Gasteiger charge is 2.29. The van der Waals surface area contributed by atoms with Crippen LogP contribution in [0, 0.1) is 40.5 Å². The summed E-state index contributed by atoms with van der Waals surface area (Å²) in [5.74, 6) is 0. The first-order valence-corrected chi connectivity index (χ1v) is 9.92. The Morgan fingerprint density at radius 1 is 0.676 bits per heavy atom. The van der Waals surface area contributed by atoms with Crippen LogP contribution in [0.1, 0.15) is 0 Å². The standard InChI is InChI=1S/C18H22N8O8/c19-5-6-20-7-8-21-9-10-22(15-3-1-13(23(27)28)11-17(15)25(31)32)16-4-2-14(24(29)30)12-18(16)26(33)34/h1-4,11-12,20-21H,5-10,19H2. The van der Waals surface area contributed by atoms with Gasteiger partial charge in [0.15, 0.2) is 0 Å². The summed E-state index contributed by atoms with van der Waals surface area (Å²) < 4.78 is 0. The van der Waals surface area contributed by atoms with Crippen LogP contribution in [0.3, 0.4) is 0 Å². The molecule has 0 saturated heterocycles. The molecule has 0 radical (unpaired) electrons. The van der Waals surface area contributed by atoms with Crippen LogP contribution in [0.4, 0.5) is 34.1 Å². The second-order valence-corrected chi connectivity index (χ2v) is 6.81. The molecule has 16 nitrogen and oxygen atoms in total. The van der Waals surface area contributed by atoms with Gasteiger partial charge >= 0.3 is 0 Å². The predicted molar refractivity (Wildman–Crippen MR) is 121 cm³/mol. The minimum atomic E-state index is -0.837. The van der Waals surface area contributed by atoms with Gasteiger partial charge in [0.2, 0.25) is 0 Å². The van der Waals surface area contributed by atoms with Gasteiger partial charge in [-0.3, -0.25) is 40.5 Å². The Hall–Kier alpha value is -4.28. The fraction of sp³-hybridized carbons (Fsp3) is 0.333. The predicted octanol–water partition coefficient (Wildman–Crippen LogP) is 1.60. The van der Waals surface area contributed by atoms with E-state index in [2.05, 4.69) is 10.6 Å². The SMILES string of the molecule is NCCNCCNCCN(c1ccc([N+](=O)[O-])cc1[N+](=O)[O-])c1ccc([N+](=O)[O-])cc1[N+](=O)[O-]. The van der Waals surface area contributed by atoms with Gasteiger partial charge in [-0.15, -0.1) is 0 Å². The molecule has 0 unspecified atom stereocenters. The van der Waals surface area contributed by atoms with Gasteiger partial charge in [0.25, 0.3) is 22.7 Å². The zero-order valence-electron chi connectivity index (χ0n) is 17.8. The van der Waals surface area contributed by atoms with E-state index in [-0.39, 0.29) is 24.5 Å². The van der Waals surface area contributed by atoms with Gasteiger partial charge in [-0.25, -0.2) is 0 Å². The van der Waals surface area contributed by atoms with Crippen molar-refractivity contribution in [1.29, 1.82) is 0 Å². The third-order valence-electron chi connectivity index (χ3n) is 4.63. The molecular formula is C18H22N8O8. The van der Waals surface area contributed by atoms with Gasteiger partial charge in [0, 0.05) is 51.4 Å². The van der Waals surface area contributed by atoms with Gasteiger partial charge in [0.05, 0.1) is 31.8 Å². The van der Waals surface area contributed by atoms with Crippen molar-refractivity contribution in [3.05, 3.63) is 76.9 Å². The quantitative estimate of drug-likeness (QED) is 0.200. The smallest absolute Gasteiger partial charge is 0.299 e. The molecule has 0 aliphatic carbocycles. The highest BCUT2D eigenvalue weighted by Crippen LogP contribution is 2.40. The Bertz CT molecular complexity index is 1000. The average molecular weight is 478 g/mol.